The van der Waals surface area contributed by atoms with Crippen LogP contribution in [0.2, 0.25) is 0 Å². The summed E-state index contributed by atoms with van der Waals surface area (Å²) in [6.45, 7) is 1.14. The monoisotopic (exact) mass is 395 g/mol. The van der Waals surface area contributed by atoms with Gasteiger partial charge >= 0.3 is 12.1 Å². The Morgan fingerprint density at radius 1 is 1.37 bits per heavy atom. The SMILES string of the molecule is CC(CC1CN(c2ccc(C#CCCO)cc2)C(=O)O1)(C(=O)O)S(C)(=O)=O. The van der Waals surface area contributed by atoms with Crippen molar-refractivity contribution >= 4 is 27.6 Å². The Morgan fingerprint density at radius 3 is 2.52 bits per heavy atom. The number of sulfone groups is 1. The Bertz CT molecular complexity index is 883. The first-order valence-electron chi connectivity index (χ1n) is 8.19. The van der Waals surface area contributed by atoms with Crippen molar-refractivity contribution in [2.45, 2.75) is 30.6 Å². The summed E-state index contributed by atoms with van der Waals surface area (Å²) in [4.78, 5) is 24.9. The number of anilines is 1. The minimum atomic E-state index is -3.91. The van der Waals surface area contributed by atoms with E-state index >= 15 is 0 Å². The summed E-state index contributed by atoms with van der Waals surface area (Å²) in [6, 6.07) is 6.75. The molecule has 1 saturated heterocycles. The second kappa shape index (κ2) is 7.98. The first-order valence-corrected chi connectivity index (χ1v) is 10.1. The van der Waals surface area contributed by atoms with Crippen LogP contribution in [0.15, 0.2) is 24.3 Å². The lowest BCUT2D eigenvalue weighted by atomic mass is 10.0. The van der Waals surface area contributed by atoms with Gasteiger partial charge in [0.05, 0.1) is 13.2 Å². The van der Waals surface area contributed by atoms with Crippen LogP contribution < -0.4 is 4.90 Å². The van der Waals surface area contributed by atoms with Gasteiger partial charge in [0.2, 0.25) is 0 Å². The molecule has 0 saturated carbocycles. The number of ether oxygens (including phenoxy) is 1. The highest BCUT2D eigenvalue weighted by Gasteiger charge is 2.48. The number of aliphatic carboxylic acids is 1. The average molecular weight is 395 g/mol. The van der Waals surface area contributed by atoms with Crippen molar-refractivity contribution in [3.05, 3.63) is 29.8 Å². The number of aliphatic hydroxyl groups excluding tert-OH is 1. The molecule has 0 aromatic heterocycles. The Morgan fingerprint density at radius 2 is 2.00 bits per heavy atom. The molecule has 1 aliphatic rings. The highest BCUT2D eigenvalue weighted by Crippen LogP contribution is 2.30. The number of carbonyl (C=O) groups excluding carboxylic acids is 1. The molecule has 0 spiro atoms. The Labute approximate surface area is 157 Å². The van der Waals surface area contributed by atoms with Crippen molar-refractivity contribution < 1.29 is 33.0 Å². The largest absolute Gasteiger partial charge is 0.480 e. The molecule has 2 N–H and O–H groups in total. The van der Waals surface area contributed by atoms with E-state index in [4.69, 9.17) is 9.84 Å². The molecule has 27 heavy (non-hydrogen) atoms. The quantitative estimate of drug-likeness (QED) is 0.690. The number of nitrogens with zero attached hydrogens (tertiary/aromatic N) is 1. The number of aliphatic hydroxyl groups is 1. The van der Waals surface area contributed by atoms with Gasteiger partial charge in [-0.2, -0.15) is 0 Å². The standard InChI is InChI=1S/C18H21NO7S/c1-18(16(21)22,27(2,24)25)11-15-12-19(17(23)26-15)14-8-6-13(7-9-14)5-3-4-10-20/h6-9,15,20H,4,10-12H2,1-2H3,(H,21,22). The fourth-order valence-corrected chi connectivity index (χ4v) is 3.42. The van der Waals surface area contributed by atoms with Crippen LogP contribution in [0.1, 0.15) is 25.3 Å². The molecule has 146 valence electrons. The van der Waals surface area contributed by atoms with E-state index in [0.717, 1.165) is 13.2 Å². The number of hydrogen-bond donors (Lipinski definition) is 2. The number of cyclic esters (lactones) is 1. The lowest BCUT2D eigenvalue weighted by molar-refractivity contribution is -0.140. The number of hydrogen-bond acceptors (Lipinski definition) is 6. The van der Waals surface area contributed by atoms with Crippen molar-refractivity contribution in [1.29, 1.82) is 0 Å². The second-order valence-corrected chi connectivity index (χ2v) is 8.90. The van der Waals surface area contributed by atoms with Gasteiger partial charge < -0.3 is 14.9 Å². The number of carbonyl (C=O) groups is 2. The number of rotatable bonds is 6. The molecule has 2 unspecified atom stereocenters. The molecular weight excluding hydrogens is 374 g/mol. The summed E-state index contributed by atoms with van der Waals surface area (Å²) in [5.41, 5.74) is 1.25. The molecule has 1 heterocycles. The first kappa shape index (κ1) is 20.7. The second-order valence-electron chi connectivity index (χ2n) is 6.45. The lowest BCUT2D eigenvalue weighted by Crippen LogP contribution is -2.46. The molecule has 0 radical (unpaired) electrons. The van der Waals surface area contributed by atoms with Gasteiger partial charge in [-0.25, -0.2) is 13.2 Å². The van der Waals surface area contributed by atoms with E-state index in [9.17, 15) is 23.1 Å². The molecule has 1 aromatic rings. The van der Waals surface area contributed by atoms with Crippen molar-refractivity contribution in [2.24, 2.45) is 0 Å². The van der Waals surface area contributed by atoms with Crippen molar-refractivity contribution in [2.75, 3.05) is 24.3 Å². The van der Waals surface area contributed by atoms with Crippen LogP contribution in [-0.2, 0) is 19.4 Å². The van der Waals surface area contributed by atoms with Crippen LogP contribution in [0.25, 0.3) is 0 Å². The molecule has 0 aliphatic carbocycles. The summed E-state index contributed by atoms with van der Waals surface area (Å²) in [6.07, 6.45) is -0.650. The summed E-state index contributed by atoms with van der Waals surface area (Å²) in [7, 11) is -3.91. The highest BCUT2D eigenvalue weighted by atomic mass is 32.2. The van der Waals surface area contributed by atoms with E-state index in [1.54, 1.807) is 24.3 Å². The predicted octanol–water partition coefficient (Wildman–Crippen LogP) is 1.02. The Hall–Kier alpha value is -2.57. The Balaban J connectivity index is 2.14. The predicted molar refractivity (Wildman–Crippen MR) is 98.1 cm³/mol. The minimum absolute atomic E-state index is 0.0190. The fraction of sp³-hybridized carbons (Fsp3) is 0.444. The van der Waals surface area contributed by atoms with E-state index in [1.807, 2.05) is 0 Å². The molecule has 1 aromatic carbocycles. The molecule has 8 nitrogen and oxygen atoms in total. The van der Waals surface area contributed by atoms with Gasteiger partial charge in [0.25, 0.3) is 0 Å². The fourth-order valence-electron chi connectivity index (χ4n) is 2.62. The zero-order valence-corrected chi connectivity index (χ0v) is 15.8. The molecule has 0 bridgehead atoms. The number of benzene rings is 1. The third kappa shape index (κ3) is 4.59. The van der Waals surface area contributed by atoms with Gasteiger partial charge in [0, 0.05) is 30.3 Å². The van der Waals surface area contributed by atoms with E-state index in [2.05, 4.69) is 11.8 Å². The van der Waals surface area contributed by atoms with Gasteiger partial charge in [-0.1, -0.05) is 11.8 Å². The molecule has 1 aliphatic heterocycles. The van der Waals surface area contributed by atoms with Crippen LogP contribution >= 0.6 is 0 Å². The maximum Gasteiger partial charge on any atom is 0.414 e. The maximum absolute atomic E-state index is 12.1. The summed E-state index contributed by atoms with van der Waals surface area (Å²) >= 11 is 0. The van der Waals surface area contributed by atoms with E-state index < -0.39 is 32.8 Å². The molecule has 1 fully saturated rings. The minimum Gasteiger partial charge on any atom is -0.480 e. The van der Waals surface area contributed by atoms with Crippen molar-refractivity contribution in [3.63, 3.8) is 0 Å². The zero-order valence-electron chi connectivity index (χ0n) is 15.0. The van der Waals surface area contributed by atoms with Crippen molar-refractivity contribution in [1.82, 2.24) is 0 Å². The van der Waals surface area contributed by atoms with Crippen molar-refractivity contribution in [3.8, 4) is 11.8 Å². The molecule has 2 rings (SSSR count). The van der Waals surface area contributed by atoms with Crippen LogP contribution in [0, 0.1) is 11.8 Å². The van der Waals surface area contributed by atoms with Crippen LogP contribution in [-0.4, -0.2) is 61.0 Å². The summed E-state index contributed by atoms with van der Waals surface area (Å²) in [5, 5.41) is 18.1. The van der Waals surface area contributed by atoms with Gasteiger partial charge in [-0.05, 0) is 31.2 Å². The number of carboxylic acids is 1. The smallest absolute Gasteiger partial charge is 0.414 e. The summed E-state index contributed by atoms with van der Waals surface area (Å²) in [5.74, 6) is 4.17. The van der Waals surface area contributed by atoms with Gasteiger partial charge in [0.1, 0.15) is 6.10 Å². The van der Waals surface area contributed by atoms with E-state index in [-0.39, 0.29) is 19.6 Å². The number of carboxylic acid groups (broad SMARTS) is 1. The molecule has 2 atom stereocenters. The highest BCUT2D eigenvalue weighted by molar-refractivity contribution is 7.92. The maximum atomic E-state index is 12.1. The lowest BCUT2D eigenvalue weighted by Gasteiger charge is -2.24. The van der Waals surface area contributed by atoms with E-state index in [1.165, 1.54) is 4.90 Å². The number of amides is 1. The molecular formula is C18H21NO7S. The topological polar surface area (TPSA) is 121 Å². The first-order chi connectivity index (χ1) is 12.6. The zero-order chi connectivity index (χ0) is 20.2. The van der Waals surface area contributed by atoms with Gasteiger partial charge in [-0.15, -0.1) is 0 Å². The van der Waals surface area contributed by atoms with Crippen LogP contribution in [0.4, 0.5) is 10.5 Å². The molecule has 9 heteroatoms. The third-order valence-electron chi connectivity index (χ3n) is 4.41. The summed E-state index contributed by atoms with van der Waals surface area (Å²) < 4.78 is 26.9. The normalized spacial score (nSPS) is 19.0. The van der Waals surface area contributed by atoms with E-state index in [0.29, 0.717) is 17.7 Å². The Kier molecular flexibility index (Phi) is 6.13. The van der Waals surface area contributed by atoms with Crippen LogP contribution in [0.5, 0.6) is 0 Å². The average Bonchev–Trinajstić information content (AvgIpc) is 2.94. The van der Waals surface area contributed by atoms with Gasteiger partial charge in [0.15, 0.2) is 14.6 Å². The molecule has 1 amide bonds. The van der Waals surface area contributed by atoms with Crippen LogP contribution in [0.3, 0.4) is 0 Å². The van der Waals surface area contributed by atoms with Gasteiger partial charge in [-0.3, -0.25) is 9.69 Å². The third-order valence-corrected chi connectivity index (χ3v) is 6.39.